The van der Waals surface area contributed by atoms with Crippen molar-refractivity contribution in [3.05, 3.63) is 82.2 Å². The van der Waals surface area contributed by atoms with Crippen molar-refractivity contribution in [1.82, 2.24) is 0 Å². The predicted molar refractivity (Wildman–Crippen MR) is 98.8 cm³/mol. The molecule has 0 aliphatic carbocycles. The predicted octanol–water partition coefficient (Wildman–Crippen LogP) is 3.08. The van der Waals surface area contributed by atoms with Crippen molar-refractivity contribution in [3.63, 3.8) is 0 Å². The maximum atomic E-state index is 10.7. The van der Waals surface area contributed by atoms with Crippen LogP contribution in [0, 0.1) is 0 Å². The van der Waals surface area contributed by atoms with Crippen molar-refractivity contribution in [2.24, 2.45) is 5.11 Å². The van der Waals surface area contributed by atoms with Gasteiger partial charge in [-0.25, -0.2) is 0 Å². The van der Waals surface area contributed by atoms with Gasteiger partial charge in [-0.15, -0.1) is 0 Å². The van der Waals surface area contributed by atoms with Crippen molar-refractivity contribution in [1.29, 1.82) is 0 Å². The summed E-state index contributed by atoms with van der Waals surface area (Å²) in [6, 6.07) is 19.2. The lowest BCUT2D eigenvalue weighted by Gasteiger charge is -2.47. The van der Waals surface area contributed by atoms with E-state index >= 15 is 0 Å². The number of azide groups is 1. The zero-order valence-corrected chi connectivity index (χ0v) is 15.1. The lowest BCUT2D eigenvalue weighted by molar-refractivity contribution is -0.334. The van der Waals surface area contributed by atoms with Crippen LogP contribution in [0.25, 0.3) is 10.4 Å². The second kappa shape index (κ2) is 8.70. The fourth-order valence-corrected chi connectivity index (χ4v) is 3.46. The third-order valence-corrected chi connectivity index (χ3v) is 4.85. The van der Waals surface area contributed by atoms with E-state index in [0.717, 1.165) is 11.1 Å². The van der Waals surface area contributed by atoms with Gasteiger partial charge in [-0.05, 0) is 11.1 Å². The lowest BCUT2D eigenvalue weighted by Crippen LogP contribution is -2.61. The SMILES string of the molecule is [N-]=[N+]=N[C@H]1O[C@@H]2COC(c3ccccc3)O[C@H]2[C@@H](OCc2ccccc2)[C@@H]1O. The molecule has 1 unspecified atom stereocenters. The number of benzene rings is 2. The molecule has 8 nitrogen and oxygen atoms in total. The molecule has 0 aromatic heterocycles. The Labute approximate surface area is 162 Å². The minimum absolute atomic E-state index is 0.236. The second-order valence-corrected chi connectivity index (χ2v) is 6.70. The van der Waals surface area contributed by atoms with Gasteiger partial charge in [0.15, 0.2) is 12.5 Å². The molecule has 0 bridgehead atoms. The number of nitrogens with zero attached hydrogens (tertiary/aromatic N) is 3. The van der Waals surface area contributed by atoms with Gasteiger partial charge in [0, 0.05) is 10.5 Å². The number of aliphatic hydroxyl groups excluding tert-OH is 1. The summed E-state index contributed by atoms with van der Waals surface area (Å²) in [5, 5.41) is 14.3. The molecule has 2 saturated heterocycles. The van der Waals surface area contributed by atoms with E-state index < -0.39 is 36.9 Å². The molecule has 8 heteroatoms. The van der Waals surface area contributed by atoms with Gasteiger partial charge in [-0.2, -0.15) is 0 Å². The highest BCUT2D eigenvalue weighted by atomic mass is 16.7. The first-order valence-electron chi connectivity index (χ1n) is 9.11. The Hall–Kier alpha value is -2.45. The van der Waals surface area contributed by atoms with Crippen LogP contribution in [0.3, 0.4) is 0 Å². The van der Waals surface area contributed by atoms with Crippen LogP contribution in [-0.2, 0) is 25.6 Å². The Balaban J connectivity index is 1.54. The van der Waals surface area contributed by atoms with Crippen LogP contribution in [0.1, 0.15) is 17.4 Å². The van der Waals surface area contributed by atoms with Gasteiger partial charge < -0.3 is 24.1 Å². The van der Waals surface area contributed by atoms with E-state index in [-0.39, 0.29) is 13.2 Å². The molecule has 28 heavy (non-hydrogen) atoms. The summed E-state index contributed by atoms with van der Waals surface area (Å²) in [7, 11) is 0. The normalized spacial score (nSPS) is 32.2. The number of ether oxygens (including phenoxy) is 4. The number of hydrogen-bond acceptors (Lipinski definition) is 6. The minimum Gasteiger partial charge on any atom is -0.387 e. The first-order chi connectivity index (χ1) is 13.8. The number of fused-ring (bicyclic) bond motifs is 1. The molecule has 0 saturated carbocycles. The van der Waals surface area contributed by atoms with Gasteiger partial charge in [0.25, 0.3) is 0 Å². The van der Waals surface area contributed by atoms with E-state index in [0.29, 0.717) is 0 Å². The summed E-state index contributed by atoms with van der Waals surface area (Å²) < 4.78 is 23.6. The zero-order valence-electron chi connectivity index (χ0n) is 15.1. The smallest absolute Gasteiger partial charge is 0.184 e. The maximum absolute atomic E-state index is 10.7. The molecule has 2 aromatic rings. The molecule has 0 amide bonds. The van der Waals surface area contributed by atoms with Crippen molar-refractivity contribution >= 4 is 0 Å². The molecule has 1 N–H and O–H groups in total. The van der Waals surface area contributed by atoms with Gasteiger partial charge in [-0.3, -0.25) is 0 Å². The molecule has 2 fully saturated rings. The third kappa shape index (κ3) is 4.02. The van der Waals surface area contributed by atoms with E-state index in [1.165, 1.54) is 0 Å². The fourth-order valence-electron chi connectivity index (χ4n) is 3.46. The van der Waals surface area contributed by atoms with Crippen molar-refractivity contribution in [2.75, 3.05) is 6.61 Å². The van der Waals surface area contributed by atoms with Crippen molar-refractivity contribution in [3.8, 4) is 0 Å². The minimum atomic E-state index is -1.16. The van der Waals surface area contributed by atoms with Crippen LogP contribution in [-0.4, -0.2) is 42.4 Å². The second-order valence-electron chi connectivity index (χ2n) is 6.70. The van der Waals surface area contributed by atoms with E-state index in [4.69, 9.17) is 24.5 Å². The van der Waals surface area contributed by atoms with Crippen LogP contribution in [0.5, 0.6) is 0 Å². The lowest BCUT2D eigenvalue weighted by atomic mass is 9.97. The Morgan fingerprint density at radius 2 is 1.79 bits per heavy atom. The zero-order chi connectivity index (χ0) is 19.3. The van der Waals surface area contributed by atoms with E-state index in [9.17, 15) is 5.11 Å². The number of aliphatic hydroxyl groups is 1. The molecule has 2 aliphatic rings. The van der Waals surface area contributed by atoms with Crippen LogP contribution in [0.2, 0.25) is 0 Å². The van der Waals surface area contributed by atoms with E-state index in [1.54, 1.807) is 0 Å². The summed E-state index contributed by atoms with van der Waals surface area (Å²) >= 11 is 0. The Morgan fingerprint density at radius 3 is 2.50 bits per heavy atom. The molecule has 2 heterocycles. The first kappa shape index (κ1) is 18.9. The molecule has 2 aliphatic heterocycles. The fraction of sp³-hybridized carbons (Fsp3) is 0.400. The number of hydrogen-bond donors (Lipinski definition) is 1. The molecule has 4 rings (SSSR count). The summed E-state index contributed by atoms with van der Waals surface area (Å²) in [6.45, 7) is 0.522. The topological polar surface area (TPSA) is 106 Å². The summed E-state index contributed by atoms with van der Waals surface area (Å²) in [4.78, 5) is 2.77. The molecule has 2 aromatic carbocycles. The average Bonchev–Trinajstić information content (AvgIpc) is 2.75. The highest BCUT2D eigenvalue weighted by Crippen LogP contribution is 2.35. The summed E-state index contributed by atoms with van der Waals surface area (Å²) in [5.74, 6) is 0. The first-order valence-corrected chi connectivity index (χ1v) is 9.11. The van der Waals surface area contributed by atoms with Gasteiger partial charge >= 0.3 is 0 Å². The van der Waals surface area contributed by atoms with Gasteiger partial charge in [-0.1, -0.05) is 65.8 Å². The molecule has 6 atom stereocenters. The van der Waals surface area contributed by atoms with Crippen LogP contribution >= 0.6 is 0 Å². The van der Waals surface area contributed by atoms with Gasteiger partial charge in [0.05, 0.1) is 13.2 Å². The average molecular weight is 383 g/mol. The maximum Gasteiger partial charge on any atom is 0.184 e. The Bertz CT molecular complexity index is 815. The standard InChI is InChI=1S/C20H21N3O5/c21-23-22-19-16(24)18(25-11-13-7-3-1-4-8-13)17-15(27-19)12-26-20(28-17)14-9-5-2-6-10-14/h1-10,15-20,24H,11-12H2/t15-,16+,17-,18+,19+,20?/m1/s1. The largest absolute Gasteiger partial charge is 0.387 e. The van der Waals surface area contributed by atoms with Crippen LogP contribution in [0.4, 0.5) is 0 Å². The summed E-state index contributed by atoms with van der Waals surface area (Å²) in [6.07, 6.45) is -4.62. The Kier molecular flexibility index (Phi) is 5.87. The van der Waals surface area contributed by atoms with Gasteiger partial charge in [0.1, 0.15) is 24.4 Å². The monoisotopic (exact) mass is 383 g/mol. The van der Waals surface area contributed by atoms with Crippen LogP contribution in [0.15, 0.2) is 65.8 Å². The number of rotatable bonds is 5. The summed E-state index contributed by atoms with van der Waals surface area (Å²) in [5.41, 5.74) is 10.6. The Morgan fingerprint density at radius 1 is 1.07 bits per heavy atom. The van der Waals surface area contributed by atoms with E-state index in [2.05, 4.69) is 10.0 Å². The molecule has 146 valence electrons. The van der Waals surface area contributed by atoms with Gasteiger partial charge in [0.2, 0.25) is 0 Å². The highest BCUT2D eigenvalue weighted by Gasteiger charge is 2.49. The van der Waals surface area contributed by atoms with E-state index in [1.807, 2.05) is 60.7 Å². The molecular weight excluding hydrogens is 362 g/mol. The molecular formula is C20H21N3O5. The van der Waals surface area contributed by atoms with Crippen LogP contribution < -0.4 is 0 Å². The quantitative estimate of drug-likeness (QED) is 0.485. The molecule has 0 radical (unpaired) electrons. The molecule has 0 spiro atoms. The van der Waals surface area contributed by atoms with Crippen molar-refractivity contribution in [2.45, 2.75) is 43.5 Å². The third-order valence-electron chi connectivity index (χ3n) is 4.85. The highest BCUT2D eigenvalue weighted by molar-refractivity contribution is 5.17. The van der Waals surface area contributed by atoms with Crippen molar-refractivity contribution < 1.29 is 24.1 Å².